The van der Waals surface area contributed by atoms with E-state index in [0.717, 1.165) is 5.56 Å². The van der Waals surface area contributed by atoms with Gasteiger partial charge in [0.05, 0.1) is 0 Å². The molecule has 1 aliphatic rings. The van der Waals surface area contributed by atoms with Crippen LogP contribution in [0.2, 0.25) is 0 Å². The second kappa shape index (κ2) is 5.61. The fraction of sp³-hybridized carbons (Fsp3) is 0.267. The third kappa shape index (κ3) is 2.62. The number of aliphatic imine (C=N–C) groups is 1. The van der Waals surface area contributed by atoms with Crippen molar-refractivity contribution in [2.75, 3.05) is 0 Å². The predicted molar refractivity (Wildman–Crippen MR) is 71.7 cm³/mol. The summed E-state index contributed by atoms with van der Waals surface area (Å²) in [7, 11) is 0. The van der Waals surface area contributed by atoms with Gasteiger partial charge in [-0.2, -0.15) is 0 Å². The molecular weight excluding hydrogens is 242 g/mol. The van der Waals surface area contributed by atoms with Crippen molar-refractivity contribution >= 4 is 17.7 Å². The van der Waals surface area contributed by atoms with Crippen molar-refractivity contribution in [2.24, 2.45) is 4.99 Å². The van der Waals surface area contributed by atoms with Gasteiger partial charge >= 0.3 is 5.97 Å². The van der Waals surface area contributed by atoms with Crippen LogP contribution in [0.15, 0.2) is 46.6 Å². The minimum absolute atomic E-state index is 0.0625. The number of hydrogen-bond acceptors (Lipinski definition) is 4. The second-order valence-electron chi connectivity index (χ2n) is 4.13. The maximum absolute atomic E-state index is 11.8. The Bertz CT molecular complexity index is 570. The first-order valence-electron chi connectivity index (χ1n) is 6.30. The number of allylic oxidation sites excluding steroid dienone is 1. The summed E-state index contributed by atoms with van der Waals surface area (Å²) in [6.45, 7) is 3.60. The highest BCUT2D eigenvalue weighted by Crippen LogP contribution is 2.22. The van der Waals surface area contributed by atoms with Crippen LogP contribution in [-0.4, -0.2) is 17.7 Å². The number of ketones is 1. The lowest BCUT2D eigenvalue weighted by molar-refractivity contribution is -0.130. The lowest BCUT2D eigenvalue weighted by Crippen LogP contribution is -2.09. The van der Waals surface area contributed by atoms with E-state index in [-0.39, 0.29) is 17.4 Å². The van der Waals surface area contributed by atoms with Crippen molar-refractivity contribution in [3.63, 3.8) is 0 Å². The molecule has 0 radical (unpaired) electrons. The smallest absolute Gasteiger partial charge is 0.364 e. The molecule has 0 saturated carbocycles. The normalized spacial score (nSPS) is 16.9. The number of ether oxygens (including phenoxy) is 1. The highest BCUT2D eigenvalue weighted by atomic mass is 16.6. The van der Waals surface area contributed by atoms with Crippen LogP contribution in [0.4, 0.5) is 0 Å². The molecular formula is C15H15NO3. The van der Waals surface area contributed by atoms with Gasteiger partial charge in [-0.05, 0) is 18.6 Å². The van der Waals surface area contributed by atoms with E-state index >= 15 is 0 Å². The SMILES string of the molecule is CCC(=O)/C(CC)=C1/N=C(c2ccccc2)OC1=O. The Balaban J connectivity index is 2.43. The van der Waals surface area contributed by atoms with Gasteiger partial charge in [0.1, 0.15) is 0 Å². The van der Waals surface area contributed by atoms with Crippen molar-refractivity contribution in [1.82, 2.24) is 0 Å². The Morgan fingerprint density at radius 2 is 1.84 bits per heavy atom. The molecule has 0 aromatic heterocycles. The molecule has 1 heterocycles. The molecule has 0 fully saturated rings. The van der Waals surface area contributed by atoms with Crippen LogP contribution >= 0.6 is 0 Å². The molecule has 0 bridgehead atoms. The lowest BCUT2D eigenvalue weighted by atomic mass is 10.0. The van der Waals surface area contributed by atoms with Gasteiger partial charge in [0.25, 0.3) is 0 Å². The van der Waals surface area contributed by atoms with Crippen LogP contribution in [0.3, 0.4) is 0 Å². The van der Waals surface area contributed by atoms with Gasteiger partial charge in [0.15, 0.2) is 11.5 Å². The summed E-state index contributed by atoms with van der Waals surface area (Å²) >= 11 is 0. The molecule has 0 amide bonds. The van der Waals surface area contributed by atoms with Gasteiger partial charge in [-0.1, -0.05) is 32.0 Å². The zero-order valence-corrected chi connectivity index (χ0v) is 11.0. The van der Waals surface area contributed by atoms with Gasteiger partial charge < -0.3 is 4.74 Å². The Morgan fingerprint density at radius 1 is 1.16 bits per heavy atom. The summed E-state index contributed by atoms with van der Waals surface area (Å²) in [5, 5.41) is 0. The van der Waals surface area contributed by atoms with Crippen molar-refractivity contribution in [3.05, 3.63) is 47.2 Å². The molecule has 0 atom stereocenters. The Morgan fingerprint density at radius 3 is 2.42 bits per heavy atom. The van der Waals surface area contributed by atoms with Crippen molar-refractivity contribution in [3.8, 4) is 0 Å². The number of Topliss-reactive ketones (excluding diaryl/α,β-unsaturated/α-hetero) is 1. The van der Waals surface area contributed by atoms with E-state index in [2.05, 4.69) is 4.99 Å². The number of benzene rings is 1. The average Bonchev–Trinajstić information content (AvgIpc) is 2.82. The summed E-state index contributed by atoms with van der Waals surface area (Å²) in [4.78, 5) is 27.8. The molecule has 19 heavy (non-hydrogen) atoms. The van der Waals surface area contributed by atoms with Crippen LogP contribution in [0, 0.1) is 0 Å². The molecule has 0 unspecified atom stereocenters. The number of carbonyl (C=O) groups is 2. The fourth-order valence-corrected chi connectivity index (χ4v) is 1.91. The van der Waals surface area contributed by atoms with E-state index in [1.807, 2.05) is 37.3 Å². The molecule has 4 heteroatoms. The monoisotopic (exact) mass is 257 g/mol. The van der Waals surface area contributed by atoms with E-state index in [9.17, 15) is 9.59 Å². The predicted octanol–water partition coefficient (Wildman–Crippen LogP) is 2.63. The van der Waals surface area contributed by atoms with E-state index in [4.69, 9.17) is 4.74 Å². The van der Waals surface area contributed by atoms with E-state index < -0.39 is 5.97 Å². The summed E-state index contributed by atoms with van der Waals surface area (Å²) < 4.78 is 5.14. The van der Waals surface area contributed by atoms with Gasteiger partial charge in [-0.3, -0.25) is 4.79 Å². The minimum atomic E-state index is -0.544. The van der Waals surface area contributed by atoms with Crippen LogP contribution < -0.4 is 0 Å². The van der Waals surface area contributed by atoms with Gasteiger partial charge in [-0.25, -0.2) is 9.79 Å². The molecule has 1 aromatic carbocycles. The standard InChI is InChI=1S/C15H15NO3/c1-3-11(12(17)4-2)13-15(18)19-14(16-13)10-8-6-5-7-9-10/h5-9H,3-4H2,1-2H3/b13-11+. The maximum Gasteiger partial charge on any atom is 0.364 e. The third-order valence-corrected chi connectivity index (χ3v) is 2.91. The van der Waals surface area contributed by atoms with Crippen molar-refractivity contribution < 1.29 is 14.3 Å². The number of carbonyl (C=O) groups excluding carboxylic acids is 2. The molecule has 0 aliphatic carbocycles. The first-order chi connectivity index (χ1) is 9.17. The van der Waals surface area contributed by atoms with E-state index in [1.54, 1.807) is 6.92 Å². The van der Waals surface area contributed by atoms with E-state index in [1.165, 1.54) is 0 Å². The maximum atomic E-state index is 11.8. The number of hydrogen-bond donors (Lipinski definition) is 0. The number of rotatable bonds is 4. The Hall–Kier alpha value is -2.23. The zero-order chi connectivity index (χ0) is 13.8. The topological polar surface area (TPSA) is 55.7 Å². The second-order valence-corrected chi connectivity index (χ2v) is 4.13. The molecule has 4 nitrogen and oxygen atoms in total. The number of cyclic esters (lactones) is 1. The summed E-state index contributed by atoms with van der Waals surface area (Å²) in [6.07, 6.45) is 0.832. The zero-order valence-electron chi connectivity index (χ0n) is 11.0. The number of nitrogens with zero attached hydrogens (tertiary/aromatic N) is 1. The highest BCUT2D eigenvalue weighted by molar-refractivity contribution is 6.14. The van der Waals surface area contributed by atoms with Crippen molar-refractivity contribution in [1.29, 1.82) is 0 Å². The van der Waals surface area contributed by atoms with Gasteiger partial charge in [-0.15, -0.1) is 0 Å². The molecule has 0 spiro atoms. The molecule has 1 aliphatic heterocycles. The van der Waals surface area contributed by atoms with Crippen LogP contribution in [0.5, 0.6) is 0 Å². The molecule has 1 aromatic rings. The fourth-order valence-electron chi connectivity index (χ4n) is 1.91. The third-order valence-electron chi connectivity index (χ3n) is 2.91. The highest BCUT2D eigenvalue weighted by Gasteiger charge is 2.28. The van der Waals surface area contributed by atoms with Crippen LogP contribution in [0.25, 0.3) is 0 Å². The summed E-state index contributed by atoms with van der Waals surface area (Å²) in [6, 6.07) is 9.16. The lowest BCUT2D eigenvalue weighted by Gasteiger charge is -2.01. The summed E-state index contributed by atoms with van der Waals surface area (Å²) in [5.41, 5.74) is 1.32. The van der Waals surface area contributed by atoms with Gasteiger partial charge in [0, 0.05) is 17.6 Å². The minimum Gasteiger partial charge on any atom is -0.402 e. The molecule has 0 saturated heterocycles. The first kappa shape index (κ1) is 13.2. The first-order valence-corrected chi connectivity index (χ1v) is 6.30. The molecule has 98 valence electrons. The Kier molecular flexibility index (Phi) is 3.90. The number of esters is 1. The van der Waals surface area contributed by atoms with Crippen LogP contribution in [-0.2, 0) is 14.3 Å². The quantitative estimate of drug-likeness (QED) is 0.615. The molecule has 2 rings (SSSR count). The van der Waals surface area contributed by atoms with Crippen molar-refractivity contribution in [2.45, 2.75) is 26.7 Å². The molecule has 0 N–H and O–H groups in total. The largest absolute Gasteiger partial charge is 0.402 e. The summed E-state index contributed by atoms with van der Waals surface area (Å²) in [5.74, 6) is -0.347. The Labute approximate surface area is 111 Å². The van der Waals surface area contributed by atoms with Gasteiger partial charge in [0.2, 0.25) is 5.90 Å². The van der Waals surface area contributed by atoms with Crippen LogP contribution in [0.1, 0.15) is 32.3 Å². The van der Waals surface area contributed by atoms with E-state index in [0.29, 0.717) is 18.4 Å². The average molecular weight is 257 g/mol.